The van der Waals surface area contributed by atoms with Crippen molar-refractivity contribution in [3.8, 4) is 0 Å². The van der Waals surface area contributed by atoms with Gasteiger partial charge in [0.05, 0.1) is 6.04 Å². The van der Waals surface area contributed by atoms with E-state index < -0.39 is 0 Å². The Hall–Kier alpha value is -1.00. The van der Waals surface area contributed by atoms with Crippen molar-refractivity contribution in [2.45, 2.75) is 44.2 Å². The normalized spacial score (nSPS) is 14.0. The number of hydrogen-bond donors (Lipinski definition) is 2. The first kappa shape index (κ1) is 15.1. The highest BCUT2D eigenvalue weighted by molar-refractivity contribution is 7.99. The average Bonchev–Trinajstić information content (AvgIpc) is 2.29. The van der Waals surface area contributed by atoms with Crippen LogP contribution in [0.1, 0.15) is 38.8 Å². The summed E-state index contributed by atoms with van der Waals surface area (Å²) in [5, 5.41) is 2.95. The van der Waals surface area contributed by atoms with Gasteiger partial charge in [-0.2, -0.15) is 0 Å². The van der Waals surface area contributed by atoms with Gasteiger partial charge in [0, 0.05) is 17.4 Å². The molecule has 4 heteroatoms. The Morgan fingerprint density at radius 2 is 1.94 bits per heavy atom. The van der Waals surface area contributed by atoms with E-state index in [1.165, 1.54) is 4.90 Å². The maximum Gasteiger partial charge on any atom is 0.222 e. The van der Waals surface area contributed by atoms with Crippen molar-refractivity contribution in [1.29, 1.82) is 0 Å². The van der Waals surface area contributed by atoms with Crippen LogP contribution in [0.25, 0.3) is 0 Å². The molecule has 1 aromatic rings. The molecule has 0 aromatic heterocycles. The molecule has 0 aliphatic heterocycles. The lowest BCUT2D eigenvalue weighted by atomic mass is 10.1. The van der Waals surface area contributed by atoms with Gasteiger partial charge in [0.2, 0.25) is 5.91 Å². The van der Waals surface area contributed by atoms with Crippen LogP contribution in [-0.4, -0.2) is 17.7 Å². The molecule has 2 unspecified atom stereocenters. The summed E-state index contributed by atoms with van der Waals surface area (Å²) in [5.41, 5.74) is 6.72. The molecule has 3 N–H and O–H groups in total. The molecule has 2 atom stereocenters. The van der Waals surface area contributed by atoms with E-state index in [2.05, 4.69) is 36.5 Å². The largest absolute Gasteiger partial charge is 0.350 e. The van der Waals surface area contributed by atoms with Crippen LogP contribution in [0.15, 0.2) is 29.2 Å². The van der Waals surface area contributed by atoms with Crippen LogP contribution in [0.5, 0.6) is 0 Å². The van der Waals surface area contributed by atoms with Crippen LogP contribution in [0.4, 0.5) is 0 Å². The molecule has 0 radical (unpaired) electrons. The lowest BCUT2D eigenvalue weighted by molar-refractivity contribution is -0.122. The average molecular weight is 266 g/mol. The number of hydrogen-bond acceptors (Lipinski definition) is 3. The summed E-state index contributed by atoms with van der Waals surface area (Å²) >= 11 is 1.81. The van der Waals surface area contributed by atoms with Crippen molar-refractivity contribution < 1.29 is 4.79 Å². The van der Waals surface area contributed by atoms with Gasteiger partial charge in [-0.1, -0.05) is 19.1 Å². The predicted molar refractivity (Wildman–Crippen MR) is 77.7 cm³/mol. The Morgan fingerprint density at radius 3 is 2.44 bits per heavy atom. The molecule has 3 nitrogen and oxygen atoms in total. The molecule has 0 saturated carbocycles. The highest BCUT2D eigenvalue weighted by atomic mass is 32.2. The van der Waals surface area contributed by atoms with E-state index in [1.54, 1.807) is 0 Å². The molecule has 0 aliphatic carbocycles. The number of carbonyl (C=O) groups excluding carboxylic acids is 1. The van der Waals surface area contributed by atoms with Gasteiger partial charge in [-0.05, 0) is 37.3 Å². The Bertz CT molecular complexity index is 376. The fourth-order valence-electron chi connectivity index (χ4n) is 1.70. The summed E-state index contributed by atoms with van der Waals surface area (Å²) in [5.74, 6) is 1.07. The van der Waals surface area contributed by atoms with Crippen LogP contribution in [0, 0.1) is 0 Å². The molecular weight excluding hydrogens is 244 g/mol. The molecule has 1 aromatic carbocycles. The molecule has 0 bridgehead atoms. The van der Waals surface area contributed by atoms with Crippen LogP contribution >= 0.6 is 11.8 Å². The van der Waals surface area contributed by atoms with E-state index in [0.29, 0.717) is 6.42 Å². The van der Waals surface area contributed by atoms with Crippen molar-refractivity contribution in [3.63, 3.8) is 0 Å². The number of nitrogens with two attached hydrogens (primary N) is 1. The van der Waals surface area contributed by atoms with Crippen molar-refractivity contribution in [2.24, 2.45) is 5.73 Å². The third kappa shape index (κ3) is 5.10. The number of amides is 1. The number of nitrogens with one attached hydrogen (secondary N) is 1. The summed E-state index contributed by atoms with van der Waals surface area (Å²) in [7, 11) is 0. The monoisotopic (exact) mass is 266 g/mol. The summed E-state index contributed by atoms with van der Waals surface area (Å²) in [4.78, 5) is 12.9. The van der Waals surface area contributed by atoms with E-state index in [-0.39, 0.29) is 18.0 Å². The minimum absolute atomic E-state index is 0.00418. The third-order valence-electron chi connectivity index (χ3n) is 2.58. The lowest BCUT2D eigenvalue weighted by Crippen LogP contribution is -2.31. The second-order valence-electron chi connectivity index (χ2n) is 4.47. The minimum atomic E-state index is -0.0967. The molecule has 100 valence electrons. The fraction of sp³-hybridized carbons (Fsp3) is 0.500. The molecule has 0 fully saturated rings. The Kier molecular flexibility index (Phi) is 6.22. The molecule has 0 aliphatic rings. The van der Waals surface area contributed by atoms with Gasteiger partial charge in [-0.15, -0.1) is 11.8 Å². The van der Waals surface area contributed by atoms with Gasteiger partial charge >= 0.3 is 0 Å². The first-order chi connectivity index (χ1) is 8.52. The van der Waals surface area contributed by atoms with Gasteiger partial charge in [0.1, 0.15) is 0 Å². The Balaban J connectivity index is 2.55. The highest BCUT2D eigenvalue weighted by Crippen LogP contribution is 2.20. The quantitative estimate of drug-likeness (QED) is 0.778. The fourth-order valence-corrected chi connectivity index (χ4v) is 2.36. The minimum Gasteiger partial charge on any atom is -0.350 e. The summed E-state index contributed by atoms with van der Waals surface area (Å²) in [6.07, 6.45) is 0.369. The smallest absolute Gasteiger partial charge is 0.222 e. The lowest BCUT2D eigenvalue weighted by Gasteiger charge is -2.15. The summed E-state index contributed by atoms with van der Waals surface area (Å²) in [6.45, 7) is 5.96. The van der Waals surface area contributed by atoms with E-state index >= 15 is 0 Å². The maximum absolute atomic E-state index is 11.6. The first-order valence-electron chi connectivity index (χ1n) is 6.30. The molecule has 1 amide bonds. The summed E-state index contributed by atoms with van der Waals surface area (Å²) in [6, 6.07) is 8.25. The van der Waals surface area contributed by atoms with Crippen molar-refractivity contribution in [1.82, 2.24) is 5.32 Å². The zero-order chi connectivity index (χ0) is 13.5. The number of rotatable bonds is 6. The van der Waals surface area contributed by atoms with Crippen molar-refractivity contribution in [2.75, 3.05) is 5.75 Å². The van der Waals surface area contributed by atoms with Crippen LogP contribution in [0.3, 0.4) is 0 Å². The van der Waals surface area contributed by atoms with E-state index in [1.807, 2.05) is 25.6 Å². The second kappa shape index (κ2) is 7.44. The number of benzene rings is 1. The standard InChI is InChI=1S/C14H22N2OS/c1-4-18-13-7-5-12(6-8-13)11(3)16-14(17)9-10(2)15/h5-8,10-11H,4,9,15H2,1-3H3,(H,16,17). The SMILES string of the molecule is CCSc1ccc(C(C)NC(=O)CC(C)N)cc1. The number of thioether (sulfide) groups is 1. The predicted octanol–water partition coefficient (Wildman–Crippen LogP) is 2.71. The molecule has 18 heavy (non-hydrogen) atoms. The molecule has 0 heterocycles. The maximum atomic E-state index is 11.6. The van der Waals surface area contributed by atoms with Gasteiger partial charge < -0.3 is 11.1 Å². The highest BCUT2D eigenvalue weighted by Gasteiger charge is 2.10. The van der Waals surface area contributed by atoms with Gasteiger partial charge in [0.15, 0.2) is 0 Å². The van der Waals surface area contributed by atoms with Crippen LogP contribution < -0.4 is 11.1 Å². The van der Waals surface area contributed by atoms with Crippen LogP contribution in [0.2, 0.25) is 0 Å². The molecule has 0 spiro atoms. The van der Waals surface area contributed by atoms with Gasteiger partial charge in [-0.25, -0.2) is 0 Å². The second-order valence-corrected chi connectivity index (χ2v) is 5.81. The topological polar surface area (TPSA) is 55.1 Å². The van der Waals surface area contributed by atoms with Crippen molar-refractivity contribution in [3.05, 3.63) is 29.8 Å². The van der Waals surface area contributed by atoms with Crippen molar-refractivity contribution >= 4 is 17.7 Å². The zero-order valence-electron chi connectivity index (χ0n) is 11.3. The van der Waals surface area contributed by atoms with Gasteiger partial charge in [0.25, 0.3) is 0 Å². The zero-order valence-corrected chi connectivity index (χ0v) is 12.1. The van der Waals surface area contributed by atoms with E-state index in [9.17, 15) is 4.79 Å². The van der Waals surface area contributed by atoms with E-state index in [4.69, 9.17) is 5.73 Å². The van der Waals surface area contributed by atoms with Crippen LogP contribution in [-0.2, 0) is 4.79 Å². The number of carbonyl (C=O) groups is 1. The molecule has 0 saturated heterocycles. The Labute approximate surface area is 114 Å². The molecule has 1 rings (SSSR count). The molecular formula is C14H22N2OS. The van der Waals surface area contributed by atoms with Gasteiger partial charge in [-0.3, -0.25) is 4.79 Å². The summed E-state index contributed by atoms with van der Waals surface area (Å²) < 4.78 is 0. The van der Waals surface area contributed by atoms with E-state index in [0.717, 1.165) is 11.3 Å². The first-order valence-corrected chi connectivity index (χ1v) is 7.29. The Morgan fingerprint density at radius 1 is 1.33 bits per heavy atom. The third-order valence-corrected chi connectivity index (χ3v) is 3.47.